The van der Waals surface area contributed by atoms with Crippen molar-refractivity contribution in [3.63, 3.8) is 0 Å². The van der Waals surface area contributed by atoms with Gasteiger partial charge in [0.2, 0.25) is 0 Å². The second kappa shape index (κ2) is 7.49. The minimum absolute atomic E-state index is 0.275. The molecule has 0 heterocycles. The number of hydrogen-bond donors (Lipinski definition) is 2. The van der Waals surface area contributed by atoms with E-state index < -0.39 is 0 Å². The Bertz CT molecular complexity index is 212. The summed E-state index contributed by atoms with van der Waals surface area (Å²) in [5.41, 5.74) is 5.89. The molecule has 16 heavy (non-hydrogen) atoms. The molecule has 1 aliphatic carbocycles. The molecule has 0 aromatic carbocycles. The highest BCUT2D eigenvalue weighted by Gasteiger charge is 2.13. The summed E-state index contributed by atoms with van der Waals surface area (Å²) in [6, 6.07) is 0.707. The first-order chi connectivity index (χ1) is 7.76. The van der Waals surface area contributed by atoms with Crippen molar-refractivity contribution < 1.29 is 4.74 Å². The summed E-state index contributed by atoms with van der Waals surface area (Å²) >= 11 is 0. The van der Waals surface area contributed by atoms with E-state index in [2.05, 4.69) is 17.2 Å². The maximum absolute atomic E-state index is 5.89. The van der Waals surface area contributed by atoms with E-state index in [1.54, 1.807) is 7.11 Å². The molecule has 1 aliphatic rings. The summed E-state index contributed by atoms with van der Waals surface area (Å²) in [6.07, 6.45) is 7.29. The van der Waals surface area contributed by atoms with Gasteiger partial charge < -0.3 is 15.8 Å². The first-order valence-corrected chi connectivity index (χ1v) is 6.35. The molecule has 0 spiro atoms. The molecule has 3 N–H and O–H groups in total. The van der Waals surface area contributed by atoms with Crippen molar-refractivity contribution >= 4 is 5.96 Å². The maximum atomic E-state index is 5.89. The molecule has 0 aliphatic heterocycles. The van der Waals surface area contributed by atoms with Crippen molar-refractivity contribution in [2.75, 3.05) is 13.7 Å². The monoisotopic (exact) mass is 227 g/mol. The average Bonchev–Trinajstić information content (AvgIpc) is 2.29. The number of aliphatic imine (C=N–C) groups is 1. The first kappa shape index (κ1) is 13.3. The number of guanidine groups is 1. The van der Waals surface area contributed by atoms with Crippen LogP contribution in [-0.4, -0.2) is 31.8 Å². The third-order valence-corrected chi connectivity index (χ3v) is 3.11. The Labute approximate surface area is 98.6 Å². The van der Waals surface area contributed by atoms with Crippen LogP contribution < -0.4 is 11.1 Å². The molecular weight excluding hydrogens is 202 g/mol. The molecule has 94 valence electrons. The van der Waals surface area contributed by atoms with Crippen LogP contribution in [0.3, 0.4) is 0 Å². The second-order valence-electron chi connectivity index (χ2n) is 4.51. The van der Waals surface area contributed by atoms with Gasteiger partial charge in [0.05, 0.1) is 18.7 Å². The van der Waals surface area contributed by atoms with E-state index in [1.165, 1.54) is 32.1 Å². The van der Waals surface area contributed by atoms with Crippen LogP contribution in [0.2, 0.25) is 0 Å². The van der Waals surface area contributed by atoms with Crippen LogP contribution in [-0.2, 0) is 4.74 Å². The van der Waals surface area contributed by atoms with Crippen molar-refractivity contribution in [2.24, 2.45) is 10.7 Å². The Kier molecular flexibility index (Phi) is 6.23. The quantitative estimate of drug-likeness (QED) is 0.554. The van der Waals surface area contributed by atoms with Crippen molar-refractivity contribution in [1.82, 2.24) is 5.32 Å². The Morgan fingerprint density at radius 1 is 1.44 bits per heavy atom. The minimum atomic E-state index is 0.275. The molecule has 1 fully saturated rings. The number of nitrogens with one attached hydrogen (secondary N) is 1. The van der Waals surface area contributed by atoms with Gasteiger partial charge in [-0.15, -0.1) is 0 Å². The first-order valence-electron chi connectivity index (χ1n) is 6.35. The lowest BCUT2D eigenvalue weighted by atomic mass is 9.96. The van der Waals surface area contributed by atoms with Crippen LogP contribution in [0.4, 0.5) is 0 Å². The highest BCUT2D eigenvalue weighted by molar-refractivity contribution is 5.78. The molecule has 0 amide bonds. The highest BCUT2D eigenvalue weighted by atomic mass is 16.5. The van der Waals surface area contributed by atoms with Crippen LogP contribution in [0.25, 0.3) is 0 Å². The predicted molar refractivity (Wildman–Crippen MR) is 67.6 cm³/mol. The molecule has 1 atom stereocenters. The van der Waals surface area contributed by atoms with Crippen LogP contribution in [0.15, 0.2) is 4.99 Å². The predicted octanol–water partition coefficient (Wildman–Crippen LogP) is 1.65. The number of nitrogens with two attached hydrogens (primary N) is 1. The van der Waals surface area contributed by atoms with Crippen molar-refractivity contribution in [3.8, 4) is 0 Å². The van der Waals surface area contributed by atoms with E-state index >= 15 is 0 Å². The zero-order valence-corrected chi connectivity index (χ0v) is 10.5. The Hall–Kier alpha value is -0.770. The summed E-state index contributed by atoms with van der Waals surface area (Å²) < 4.78 is 5.11. The van der Waals surface area contributed by atoms with E-state index in [4.69, 9.17) is 10.5 Å². The number of rotatable bonds is 5. The SMILES string of the molecule is CCC(COC)NC(N)=NC1CCCCC1. The van der Waals surface area contributed by atoms with Crippen molar-refractivity contribution in [2.45, 2.75) is 57.5 Å². The van der Waals surface area contributed by atoms with Gasteiger partial charge in [0, 0.05) is 7.11 Å². The van der Waals surface area contributed by atoms with Gasteiger partial charge in [0.15, 0.2) is 5.96 Å². The van der Waals surface area contributed by atoms with Crippen LogP contribution in [0.5, 0.6) is 0 Å². The van der Waals surface area contributed by atoms with E-state index in [-0.39, 0.29) is 6.04 Å². The van der Waals surface area contributed by atoms with Crippen molar-refractivity contribution in [3.05, 3.63) is 0 Å². The molecule has 4 heteroatoms. The molecule has 1 saturated carbocycles. The fourth-order valence-corrected chi connectivity index (χ4v) is 2.12. The summed E-state index contributed by atoms with van der Waals surface area (Å²) in [5.74, 6) is 0.579. The number of methoxy groups -OCH3 is 1. The molecule has 0 radical (unpaired) electrons. The average molecular weight is 227 g/mol. The summed E-state index contributed by atoms with van der Waals surface area (Å²) in [7, 11) is 1.71. The summed E-state index contributed by atoms with van der Waals surface area (Å²) in [4.78, 5) is 4.53. The van der Waals surface area contributed by atoms with Gasteiger partial charge in [-0.2, -0.15) is 0 Å². The normalized spacial score (nSPS) is 20.8. The molecular formula is C12H25N3O. The fourth-order valence-electron chi connectivity index (χ4n) is 2.12. The lowest BCUT2D eigenvalue weighted by molar-refractivity contribution is 0.172. The topological polar surface area (TPSA) is 59.6 Å². The van der Waals surface area contributed by atoms with Crippen LogP contribution in [0.1, 0.15) is 45.4 Å². The van der Waals surface area contributed by atoms with Crippen molar-refractivity contribution in [1.29, 1.82) is 0 Å². The van der Waals surface area contributed by atoms with Gasteiger partial charge in [-0.1, -0.05) is 26.2 Å². The Morgan fingerprint density at radius 3 is 2.69 bits per heavy atom. The van der Waals surface area contributed by atoms with E-state index in [1.807, 2.05) is 0 Å². The van der Waals surface area contributed by atoms with Gasteiger partial charge in [0.25, 0.3) is 0 Å². The lowest BCUT2D eigenvalue weighted by Crippen LogP contribution is -2.42. The number of hydrogen-bond acceptors (Lipinski definition) is 2. The third-order valence-electron chi connectivity index (χ3n) is 3.11. The Balaban J connectivity index is 2.36. The van der Waals surface area contributed by atoms with Gasteiger partial charge in [0.1, 0.15) is 0 Å². The molecule has 4 nitrogen and oxygen atoms in total. The summed E-state index contributed by atoms with van der Waals surface area (Å²) in [5, 5.41) is 3.22. The molecule has 0 saturated heterocycles. The van der Waals surface area contributed by atoms with Gasteiger partial charge in [-0.05, 0) is 19.3 Å². The van der Waals surface area contributed by atoms with Gasteiger partial charge >= 0.3 is 0 Å². The molecule has 0 aromatic rings. The summed E-state index contributed by atoms with van der Waals surface area (Å²) in [6.45, 7) is 2.79. The maximum Gasteiger partial charge on any atom is 0.189 e. The number of ether oxygens (including phenoxy) is 1. The van der Waals surface area contributed by atoms with Gasteiger partial charge in [-0.3, -0.25) is 4.99 Å². The van der Waals surface area contributed by atoms with E-state index in [0.717, 1.165) is 6.42 Å². The largest absolute Gasteiger partial charge is 0.383 e. The van der Waals surface area contributed by atoms with Crippen LogP contribution >= 0.6 is 0 Å². The van der Waals surface area contributed by atoms with Gasteiger partial charge in [-0.25, -0.2) is 0 Å². The standard InChI is InChI=1S/C12H25N3O/c1-3-10(9-16-2)14-12(13)15-11-7-5-4-6-8-11/h10-11H,3-9H2,1-2H3,(H3,13,14,15). The second-order valence-corrected chi connectivity index (χ2v) is 4.51. The number of nitrogens with zero attached hydrogens (tertiary/aromatic N) is 1. The smallest absolute Gasteiger partial charge is 0.189 e. The lowest BCUT2D eigenvalue weighted by Gasteiger charge is -2.21. The van der Waals surface area contributed by atoms with Crippen LogP contribution in [0, 0.1) is 0 Å². The fraction of sp³-hybridized carbons (Fsp3) is 0.917. The van der Waals surface area contributed by atoms with E-state index in [0.29, 0.717) is 18.6 Å². The Morgan fingerprint density at radius 2 is 2.12 bits per heavy atom. The minimum Gasteiger partial charge on any atom is -0.383 e. The molecule has 1 rings (SSSR count). The molecule has 0 bridgehead atoms. The highest BCUT2D eigenvalue weighted by Crippen LogP contribution is 2.19. The van der Waals surface area contributed by atoms with E-state index in [9.17, 15) is 0 Å². The zero-order valence-electron chi connectivity index (χ0n) is 10.5. The third kappa shape index (κ3) is 4.84. The zero-order chi connectivity index (χ0) is 11.8. The molecule has 0 aromatic heterocycles. The molecule has 1 unspecified atom stereocenters.